The highest BCUT2D eigenvalue weighted by atomic mass is 127. The molecule has 6 heteroatoms. The Kier molecular flexibility index (Phi) is 7.56. The molecule has 3 rings (SSSR count). The Labute approximate surface area is 172 Å². The maximum absolute atomic E-state index is 4.40. The van der Waals surface area contributed by atoms with Gasteiger partial charge in [0.05, 0.1) is 6.54 Å². The predicted octanol–water partition coefficient (Wildman–Crippen LogP) is 3.70. The smallest absolute Gasteiger partial charge is 0.193 e. The molecule has 1 aromatic carbocycles. The third-order valence-electron chi connectivity index (χ3n) is 4.56. The van der Waals surface area contributed by atoms with E-state index >= 15 is 0 Å². The van der Waals surface area contributed by atoms with Crippen LogP contribution in [0.15, 0.2) is 59.9 Å². The van der Waals surface area contributed by atoms with Crippen LogP contribution in [0.5, 0.6) is 0 Å². The molecule has 0 unspecified atom stereocenters. The molecule has 0 saturated heterocycles. The zero-order valence-corrected chi connectivity index (χ0v) is 18.1. The van der Waals surface area contributed by atoms with Crippen LogP contribution >= 0.6 is 24.0 Å². The van der Waals surface area contributed by atoms with Gasteiger partial charge in [0, 0.05) is 57.8 Å². The van der Waals surface area contributed by atoms with Crippen LogP contribution in [0, 0.1) is 0 Å². The zero-order chi connectivity index (χ0) is 17.6. The Balaban J connectivity index is 0.00000243. The van der Waals surface area contributed by atoms with Gasteiger partial charge in [-0.3, -0.25) is 4.99 Å². The molecule has 0 amide bonds. The van der Waals surface area contributed by atoms with Crippen molar-refractivity contribution in [3.8, 4) is 0 Å². The fourth-order valence-corrected chi connectivity index (χ4v) is 3.15. The first-order chi connectivity index (χ1) is 12.2. The lowest BCUT2D eigenvalue weighted by Gasteiger charge is -2.22. The van der Waals surface area contributed by atoms with Crippen molar-refractivity contribution in [2.75, 3.05) is 20.6 Å². The molecule has 2 aromatic heterocycles. The van der Waals surface area contributed by atoms with Gasteiger partial charge in [-0.1, -0.05) is 18.2 Å². The van der Waals surface area contributed by atoms with E-state index in [1.165, 1.54) is 16.6 Å². The Hall–Kier alpha value is -1.96. The van der Waals surface area contributed by atoms with Gasteiger partial charge >= 0.3 is 0 Å². The molecule has 0 saturated carbocycles. The molecule has 0 radical (unpaired) electrons. The van der Waals surface area contributed by atoms with Gasteiger partial charge < -0.3 is 19.4 Å². The van der Waals surface area contributed by atoms with E-state index in [0.29, 0.717) is 0 Å². The quantitative estimate of drug-likeness (QED) is 0.261. The van der Waals surface area contributed by atoms with E-state index in [1.807, 2.05) is 7.05 Å². The normalized spacial score (nSPS) is 11.4. The number of fused-ring (bicyclic) bond motifs is 1. The largest absolute Gasteiger partial charge is 0.356 e. The third kappa shape index (κ3) is 4.81. The number of para-hydroxylation sites is 1. The van der Waals surface area contributed by atoms with Gasteiger partial charge in [-0.15, -0.1) is 24.0 Å². The number of nitrogens with one attached hydrogen (secondary N) is 1. The summed E-state index contributed by atoms with van der Waals surface area (Å²) in [7, 11) is 5.98. The van der Waals surface area contributed by atoms with E-state index in [9.17, 15) is 0 Å². The zero-order valence-electron chi connectivity index (χ0n) is 15.7. The van der Waals surface area contributed by atoms with Gasteiger partial charge in [0.15, 0.2) is 5.96 Å². The molecule has 3 aromatic rings. The van der Waals surface area contributed by atoms with Crippen molar-refractivity contribution in [2.45, 2.75) is 19.5 Å². The van der Waals surface area contributed by atoms with Crippen LogP contribution in [-0.2, 0) is 20.1 Å². The number of hydrogen-bond acceptors (Lipinski definition) is 1. The molecule has 1 N–H and O–H groups in total. The molecular formula is C20H28IN5. The summed E-state index contributed by atoms with van der Waals surface area (Å²) >= 11 is 0. The summed E-state index contributed by atoms with van der Waals surface area (Å²) in [6.45, 7) is 2.74. The van der Waals surface area contributed by atoms with Crippen molar-refractivity contribution < 1.29 is 0 Å². The van der Waals surface area contributed by atoms with Crippen molar-refractivity contribution in [1.29, 1.82) is 0 Å². The lowest BCUT2D eigenvalue weighted by atomic mass is 10.2. The van der Waals surface area contributed by atoms with E-state index in [0.717, 1.165) is 32.0 Å². The molecule has 0 aliphatic carbocycles. The second-order valence-electron chi connectivity index (χ2n) is 6.36. The first-order valence-corrected chi connectivity index (χ1v) is 8.75. The third-order valence-corrected chi connectivity index (χ3v) is 4.56. The Morgan fingerprint density at radius 3 is 2.65 bits per heavy atom. The molecule has 0 aliphatic heterocycles. The van der Waals surface area contributed by atoms with E-state index < -0.39 is 0 Å². The number of benzene rings is 1. The molecule has 26 heavy (non-hydrogen) atoms. The summed E-state index contributed by atoms with van der Waals surface area (Å²) in [5, 5.41) is 4.76. The molecule has 0 aliphatic rings. The van der Waals surface area contributed by atoms with E-state index in [2.05, 4.69) is 93.3 Å². The molecule has 5 nitrogen and oxygen atoms in total. The van der Waals surface area contributed by atoms with Crippen molar-refractivity contribution >= 4 is 40.8 Å². The molecule has 140 valence electrons. The summed E-state index contributed by atoms with van der Waals surface area (Å²) in [6, 6.07) is 14.9. The molecular weight excluding hydrogens is 437 g/mol. The number of rotatable bonds is 6. The minimum absolute atomic E-state index is 0. The number of guanidine groups is 1. The van der Waals surface area contributed by atoms with Crippen LogP contribution in [0.2, 0.25) is 0 Å². The Bertz CT molecular complexity index is 849. The first-order valence-electron chi connectivity index (χ1n) is 8.75. The average Bonchev–Trinajstić information content (AvgIpc) is 3.21. The van der Waals surface area contributed by atoms with Crippen molar-refractivity contribution in [1.82, 2.24) is 19.4 Å². The standard InChI is InChI=1S/C20H27N5.HI/c1-21-20(24(3)16-18-9-6-13-23(18)2)22-12-7-14-25-15-11-17-8-4-5-10-19(17)25;/h4-6,8-11,13,15H,7,12,14,16H2,1-3H3,(H,21,22);1H. The van der Waals surface area contributed by atoms with Crippen molar-refractivity contribution in [3.63, 3.8) is 0 Å². The number of hydrogen-bond donors (Lipinski definition) is 1. The second kappa shape index (κ2) is 9.66. The van der Waals surface area contributed by atoms with Gasteiger partial charge in [-0.05, 0) is 36.1 Å². The van der Waals surface area contributed by atoms with Crippen LogP contribution in [0.4, 0.5) is 0 Å². The summed E-state index contributed by atoms with van der Waals surface area (Å²) in [6.07, 6.45) is 5.29. The summed E-state index contributed by atoms with van der Waals surface area (Å²) in [5.74, 6) is 0.929. The maximum Gasteiger partial charge on any atom is 0.193 e. The lowest BCUT2D eigenvalue weighted by molar-refractivity contribution is 0.459. The van der Waals surface area contributed by atoms with Crippen LogP contribution in [0.25, 0.3) is 10.9 Å². The fourth-order valence-electron chi connectivity index (χ4n) is 3.15. The number of nitrogens with zero attached hydrogens (tertiary/aromatic N) is 4. The minimum atomic E-state index is 0. The van der Waals surface area contributed by atoms with Gasteiger partial charge in [0.25, 0.3) is 0 Å². The minimum Gasteiger partial charge on any atom is -0.356 e. The lowest BCUT2D eigenvalue weighted by Crippen LogP contribution is -2.39. The predicted molar refractivity (Wildman–Crippen MR) is 120 cm³/mol. The first kappa shape index (κ1) is 20.4. The van der Waals surface area contributed by atoms with Crippen molar-refractivity contribution in [3.05, 3.63) is 60.6 Å². The molecule has 0 bridgehead atoms. The summed E-state index contributed by atoms with van der Waals surface area (Å²) in [5.41, 5.74) is 2.57. The number of aromatic nitrogens is 2. The van der Waals surface area contributed by atoms with E-state index in [4.69, 9.17) is 0 Å². The maximum atomic E-state index is 4.40. The highest BCUT2D eigenvalue weighted by molar-refractivity contribution is 14.0. The second-order valence-corrected chi connectivity index (χ2v) is 6.36. The monoisotopic (exact) mass is 465 g/mol. The number of aliphatic imine (C=N–C) groups is 1. The SMILES string of the molecule is CN=C(NCCCn1ccc2ccccc21)N(C)Cc1cccn1C.I. The average molecular weight is 465 g/mol. The van der Waals surface area contributed by atoms with E-state index in [-0.39, 0.29) is 24.0 Å². The fraction of sp³-hybridized carbons (Fsp3) is 0.350. The van der Waals surface area contributed by atoms with Gasteiger partial charge in [-0.2, -0.15) is 0 Å². The number of aryl methyl sites for hydroxylation is 2. The van der Waals surface area contributed by atoms with E-state index in [1.54, 1.807) is 0 Å². The van der Waals surface area contributed by atoms with Gasteiger partial charge in [0.2, 0.25) is 0 Å². The highest BCUT2D eigenvalue weighted by Crippen LogP contribution is 2.15. The Morgan fingerprint density at radius 2 is 1.92 bits per heavy atom. The number of halogens is 1. The molecule has 2 heterocycles. The molecule has 0 spiro atoms. The van der Waals surface area contributed by atoms with Crippen LogP contribution in [0.1, 0.15) is 12.1 Å². The van der Waals surface area contributed by atoms with Gasteiger partial charge in [-0.25, -0.2) is 0 Å². The highest BCUT2D eigenvalue weighted by Gasteiger charge is 2.08. The Morgan fingerprint density at radius 1 is 1.12 bits per heavy atom. The van der Waals surface area contributed by atoms with Crippen LogP contribution in [0.3, 0.4) is 0 Å². The summed E-state index contributed by atoms with van der Waals surface area (Å²) < 4.78 is 4.45. The summed E-state index contributed by atoms with van der Waals surface area (Å²) in [4.78, 5) is 6.55. The topological polar surface area (TPSA) is 37.5 Å². The van der Waals surface area contributed by atoms with Crippen LogP contribution in [-0.4, -0.2) is 40.6 Å². The van der Waals surface area contributed by atoms with Gasteiger partial charge in [0.1, 0.15) is 0 Å². The van der Waals surface area contributed by atoms with Crippen molar-refractivity contribution in [2.24, 2.45) is 12.0 Å². The molecule has 0 fully saturated rings. The molecule has 0 atom stereocenters. The van der Waals surface area contributed by atoms with Crippen LogP contribution < -0.4 is 5.32 Å².